The highest BCUT2D eigenvalue weighted by atomic mass is 32.2. The maximum Gasteiger partial charge on any atom is 0.147 e. The van der Waals surface area contributed by atoms with Gasteiger partial charge in [-0.05, 0) is 18.2 Å². The summed E-state index contributed by atoms with van der Waals surface area (Å²) in [7, 11) is 1.60. The second kappa shape index (κ2) is 3.12. The van der Waals surface area contributed by atoms with E-state index in [0.717, 1.165) is 15.8 Å². The Hall–Kier alpha value is -0.870. The van der Waals surface area contributed by atoms with Gasteiger partial charge in [0, 0.05) is 10.1 Å². The molecule has 0 bridgehead atoms. The normalized spacial score (nSPS) is 10.6. The van der Waals surface area contributed by atoms with Gasteiger partial charge >= 0.3 is 0 Å². The van der Waals surface area contributed by atoms with Crippen LogP contribution in [0, 0.1) is 0 Å². The van der Waals surface area contributed by atoms with Crippen molar-refractivity contribution >= 4 is 34.1 Å². The molecule has 0 atom stereocenters. The monoisotopic (exact) mass is 212 g/mol. The van der Waals surface area contributed by atoms with Gasteiger partial charge in [0.1, 0.15) is 11.5 Å². The molecule has 1 aromatic heterocycles. The number of thiol groups is 1. The van der Waals surface area contributed by atoms with Gasteiger partial charge in [-0.3, -0.25) is 0 Å². The Kier molecular flexibility index (Phi) is 2.09. The number of hydrogen-bond acceptors (Lipinski definition) is 4. The van der Waals surface area contributed by atoms with Crippen LogP contribution in [0.2, 0.25) is 0 Å². The number of ether oxygens (including phenoxy) is 1. The fourth-order valence-electron chi connectivity index (χ4n) is 1.18. The fraction of sp³-hybridized carbons (Fsp3) is 0.111. The van der Waals surface area contributed by atoms with E-state index in [-0.39, 0.29) is 5.75 Å². The smallest absolute Gasteiger partial charge is 0.147 e. The molecule has 1 N–H and O–H groups in total. The van der Waals surface area contributed by atoms with Crippen molar-refractivity contribution < 1.29 is 9.84 Å². The van der Waals surface area contributed by atoms with Gasteiger partial charge in [0.15, 0.2) is 0 Å². The van der Waals surface area contributed by atoms with Crippen LogP contribution in [-0.4, -0.2) is 12.2 Å². The summed E-state index contributed by atoms with van der Waals surface area (Å²) in [6, 6.07) is 5.59. The van der Waals surface area contributed by atoms with E-state index in [9.17, 15) is 5.11 Å². The molecule has 0 aliphatic rings. The molecule has 0 spiro atoms. The predicted octanol–water partition coefficient (Wildman–Crippen LogP) is 2.90. The quantitative estimate of drug-likeness (QED) is 0.712. The number of hydrogen-bond donors (Lipinski definition) is 2. The molecule has 13 heavy (non-hydrogen) atoms. The molecule has 68 valence electrons. The van der Waals surface area contributed by atoms with Crippen molar-refractivity contribution in [1.82, 2.24) is 0 Å². The molecule has 2 aromatic rings. The number of benzene rings is 1. The Balaban J connectivity index is 2.75. The van der Waals surface area contributed by atoms with Gasteiger partial charge in [0.2, 0.25) is 0 Å². The van der Waals surface area contributed by atoms with E-state index in [1.165, 1.54) is 11.3 Å². The minimum Gasteiger partial charge on any atom is -0.505 e. The van der Waals surface area contributed by atoms with Gasteiger partial charge in [-0.2, -0.15) is 0 Å². The van der Waals surface area contributed by atoms with E-state index in [0.29, 0.717) is 4.21 Å². The highest BCUT2D eigenvalue weighted by molar-refractivity contribution is 7.83. The van der Waals surface area contributed by atoms with Crippen molar-refractivity contribution in [3.05, 3.63) is 18.2 Å². The van der Waals surface area contributed by atoms with Crippen LogP contribution in [-0.2, 0) is 0 Å². The maximum absolute atomic E-state index is 9.60. The van der Waals surface area contributed by atoms with Gasteiger partial charge < -0.3 is 9.84 Å². The minimum atomic E-state index is 0.238. The van der Waals surface area contributed by atoms with Crippen LogP contribution in [0.15, 0.2) is 22.4 Å². The predicted molar refractivity (Wildman–Crippen MR) is 57.3 cm³/mol. The summed E-state index contributed by atoms with van der Waals surface area (Å²) in [5.41, 5.74) is 0. The molecular weight excluding hydrogens is 204 g/mol. The first-order chi connectivity index (χ1) is 6.22. The Bertz CT molecular complexity index is 448. The highest BCUT2D eigenvalue weighted by Crippen LogP contribution is 2.40. The van der Waals surface area contributed by atoms with Crippen LogP contribution in [0.3, 0.4) is 0 Å². The molecule has 0 radical (unpaired) electrons. The number of thiophene rings is 1. The second-order valence-corrected chi connectivity index (χ2v) is 4.42. The molecule has 0 amide bonds. The average molecular weight is 212 g/mol. The Morgan fingerprint density at radius 2 is 2.23 bits per heavy atom. The molecule has 0 fully saturated rings. The minimum absolute atomic E-state index is 0.238. The summed E-state index contributed by atoms with van der Waals surface area (Å²) in [6.07, 6.45) is 0. The molecule has 0 saturated carbocycles. The third kappa shape index (κ3) is 1.36. The molecular formula is C9H8O2S2. The first kappa shape index (κ1) is 8.72. The first-order valence-electron chi connectivity index (χ1n) is 3.71. The van der Waals surface area contributed by atoms with Gasteiger partial charge in [0.25, 0.3) is 0 Å². The lowest BCUT2D eigenvalue weighted by Gasteiger charge is -1.98. The van der Waals surface area contributed by atoms with Crippen molar-refractivity contribution in [2.24, 2.45) is 0 Å². The summed E-state index contributed by atoms with van der Waals surface area (Å²) in [5, 5.41) is 10.4. The largest absolute Gasteiger partial charge is 0.505 e. The van der Waals surface area contributed by atoms with Crippen LogP contribution >= 0.6 is 24.0 Å². The molecule has 1 heterocycles. The lowest BCUT2D eigenvalue weighted by Crippen LogP contribution is -1.80. The van der Waals surface area contributed by atoms with Crippen LogP contribution in [0.5, 0.6) is 11.5 Å². The summed E-state index contributed by atoms with van der Waals surface area (Å²) in [4.78, 5) is 0. The van der Waals surface area contributed by atoms with E-state index >= 15 is 0 Å². The SMILES string of the molecule is COc1ccc2sc(S)c(O)c2c1. The maximum atomic E-state index is 9.60. The molecule has 0 unspecified atom stereocenters. The molecule has 1 aromatic carbocycles. The summed E-state index contributed by atoms with van der Waals surface area (Å²) in [6.45, 7) is 0. The molecule has 0 aliphatic heterocycles. The standard InChI is InChI=1S/C9H8O2S2/c1-11-5-2-3-7-6(4-5)8(10)9(12)13-7/h2-4,10,12H,1H3. The highest BCUT2D eigenvalue weighted by Gasteiger charge is 2.08. The van der Waals surface area contributed by atoms with E-state index in [4.69, 9.17) is 4.74 Å². The van der Waals surface area contributed by atoms with Crippen molar-refractivity contribution in [3.8, 4) is 11.5 Å². The summed E-state index contributed by atoms with van der Waals surface area (Å²) >= 11 is 5.60. The fourth-order valence-corrected chi connectivity index (χ4v) is 2.41. The van der Waals surface area contributed by atoms with Gasteiger partial charge in [-0.1, -0.05) is 0 Å². The summed E-state index contributed by atoms with van der Waals surface area (Å²) in [5.74, 6) is 0.983. The Labute approximate surface area is 85.2 Å². The lowest BCUT2D eigenvalue weighted by atomic mass is 10.2. The first-order valence-corrected chi connectivity index (χ1v) is 4.97. The van der Waals surface area contributed by atoms with Crippen LogP contribution < -0.4 is 4.74 Å². The third-order valence-electron chi connectivity index (χ3n) is 1.85. The van der Waals surface area contributed by atoms with Crippen molar-refractivity contribution in [2.75, 3.05) is 7.11 Å². The van der Waals surface area contributed by atoms with Crippen molar-refractivity contribution in [1.29, 1.82) is 0 Å². The van der Waals surface area contributed by atoms with E-state index in [1.54, 1.807) is 13.2 Å². The van der Waals surface area contributed by atoms with Crippen LogP contribution in [0.25, 0.3) is 10.1 Å². The second-order valence-electron chi connectivity index (χ2n) is 2.62. The van der Waals surface area contributed by atoms with Crippen molar-refractivity contribution in [2.45, 2.75) is 4.21 Å². The number of rotatable bonds is 1. The van der Waals surface area contributed by atoms with Gasteiger partial charge in [0.05, 0.1) is 11.3 Å². The molecule has 2 rings (SSSR count). The zero-order valence-electron chi connectivity index (χ0n) is 6.94. The van der Waals surface area contributed by atoms with E-state index < -0.39 is 0 Å². The number of methoxy groups -OCH3 is 1. The summed E-state index contributed by atoms with van der Waals surface area (Å²) < 4.78 is 6.71. The van der Waals surface area contributed by atoms with Gasteiger partial charge in [-0.25, -0.2) is 0 Å². The lowest BCUT2D eigenvalue weighted by molar-refractivity contribution is 0.415. The number of aromatic hydroxyl groups is 1. The van der Waals surface area contributed by atoms with Crippen LogP contribution in [0.1, 0.15) is 0 Å². The zero-order chi connectivity index (χ0) is 9.42. The zero-order valence-corrected chi connectivity index (χ0v) is 8.65. The van der Waals surface area contributed by atoms with Gasteiger partial charge in [-0.15, -0.1) is 24.0 Å². The average Bonchev–Trinajstić information content (AvgIpc) is 2.43. The topological polar surface area (TPSA) is 29.5 Å². The van der Waals surface area contributed by atoms with E-state index in [1.807, 2.05) is 12.1 Å². The third-order valence-corrected chi connectivity index (χ3v) is 3.30. The van der Waals surface area contributed by atoms with Crippen LogP contribution in [0.4, 0.5) is 0 Å². The number of fused-ring (bicyclic) bond motifs is 1. The molecule has 2 nitrogen and oxygen atoms in total. The molecule has 4 heteroatoms. The molecule has 0 aliphatic carbocycles. The Morgan fingerprint density at radius 3 is 2.92 bits per heavy atom. The molecule has 0 saturated heterocycles. The van der Waals surface area contributed by atoms with Crippen molar-refractivity contribution in [3.63, 3.8) is 0 Å². The Morgan fingerprint density at radius 1 is 1.46 bits per heavy atom. The van der Waals surface area contributed by atoms with E-state index in [2.05, 4.69) is 12.6 Å².